The molecule has 0 spiro atoms. The Labute approximate surface area is 194 Å². The van der Waals surface area contributed by atoms with Gasteiger partial charge in [0.05, 0.1) is 13.2 Å². The molecule has 7 N–H and O–H groups in total. The Balaban J connectivity index is 2.09. The maximum Gasteiger partial charge on any atom is 0.300 e. The Morgan fingerprint density at radius 3 is 1.84 bits per heavy atom. The zero-order chi connectivity index (χ0) is 24.0. The first-order valence-corrected chi connectivity index (χ1v) is 12.0. The van der Waals surface area contributed by atoms with Gasteiger partial charge in [0.2, 0.25) is 0 Å². The third kappa shape index (κ3) is 6.66. The lowest BCUT2D eigenvalue weighted by atomic mass is 9.97. The molecule has 0 aromatic heterocycles. The Hall–Kier alpha value is 0.200. The van der Waals surface area contributed by atoms with Gasteiger partial charge in [-0.25, -0.2) is 9.24 Å². The van der Waals surface area contributed by atoms with Gasteiger partial charge in [-0.2, -0.15) is 0 Å². The highest BCUT2D eigenvalue weighted by atomic mass is 35.5. The van der Waals surface area contributed by atoms with E-state index in [1.165, 1.54) is 4.67 Å². The van der Waals surface area contributed by atoms with Crippen molar-refractivity contribution in [1.82, 2.24) is 4.67 Å². The summed E-state index contributed by atoms with van der Waals surface area (Å²) in [4.78, 5) is 0. The molecule has 11 atom stereocenters. The number of nitrogens with zero attached hydrogens (tertiary/aromatic N) is 1. The molecule has 1 radical (unpaired) electrons. The highest BCUT2D eigenvalue weighted by molar-refractivity contribution is 7.36. The second-order valence-electron chi connectivity index (χ2n) is 7.18. The highest BCUT2D eigenvalue weighted by Gasteiger charge is 2.51. The Kier molecular flexibility index (Phi) is 11.8. The molecule has 2 heterocycles. The number of hydrogen-bond acceptors (Lipinski definition) is 12. The van der Waals surface area contributed by atoms with Crippen LogP contribution in [0.25, 0.3) is 0 Å². The van der Waals surface area contributed by atoms with E-state index in [-0.39, 0.29) is 24.8 Å². The first kappa shape index (κ1) is 28.4. The molecule has 1 unspecified atom stereocenters. The fraction of sp³-hybridized carbons (Fsp3) is 1.00. The molecule has 2 saturated heterocycles. The first-order chi connectivity index (χ1) is 15.2. The Morgan fingerprint density at radius 1 is 0.781 bits per heavy atom. The predicted molar refractivity (Wildman–Crippen MR) is 108 cm³/mol. The van der Waals surface area contributed by atoms with Crippen LogP contribution in [0, 0.1) is 0 Å². The van der Waals surface area contributed by atoms with E-state index in [4.69, 9.17) is 41.9 Å². The fourth-order valence-corrected chi connectivity index (χ4v) is 4.92. The van der Waals surface area contributed by atoms with E-state index in [0.29, 0.717) is 0 Å². The van der Waals surface area contributed by atoms with Gasteiger partial charge in [0.15, 0.2) is 12.6 Å². The van der Waals surface area contributed by atoms with E-state index in [9.17, 15) is 40.3 Å². The lowest BCUT2D eigenvalue weighted by molar-refractivity contribution is -0.352. The number of hydrogen-bond donors (Lipinski definition) is 7. The van der Waals surface area contributed by atoms with Crippen LogP contribution in [-0.2, 0) is 23.3 Å². The summed E-state index contributed by atoms with van der Waals surface area (Å²) in [5.41, 5.74) is 0. The van der Waals surface area contributed by atoms with Gasteiger partial charge in [0.1, 0.15) is 48.8 Å². The zero-order valence-corrected chi connectivity index (χ0v) is 19.2. The molecular weight excluding hydrogens is 500 g/mol. The topological polar surface area (TPSA) is 199 Å². The van der Waals surface area contributed by atoms with E-state index in [1.807, 2.05) is 0 Å². The molecule has 13 nitrogen and oxygen atoms in total. The highest BCUT2D eigenvalue weighted by Crippen LogP contribution is 2.36. The van der Waals surface area contributed by atoms with Crippen LogP contribution in [0.1, 0.15) is 0 Å². The summed E-state index contributed by atoms with van der Waals surface area (Å²) in [6.45, 7) is -1.11. The predicted octanol–water partition coefficient (Wildman–Crippen LogP) is -2.94. The largest absolute Gasteiger partial charge is 0.394 e. The average molecular weight is 529 g/mol. The molecule has 0 aliphatic carbocycles. The third-order valence-corrected chi connectivity index (χ3v) is 6.66. The summed E-state index contributed by atoms with van der Waals surface area (Å²) in [6.07, 6.45) is -16.1. The molecule has 0 saturated carbocycles. The molecule has 32 heavy (non-hydrogen) atoms. The van der Waals surface area contributed by atoms with Gasteiger partial charge in [-0.3, -0.25) is 4.52 Å². The minimum Gasteiger partial charge on any atom is -0.394 e. The molecule has 2 aliphatic rings. The zero-order valence-electron chi connectivity index (χ0n) is 16.8. The average Bonchev–Trinajstić information content (AvgIpc) is 2.78. The number of aliphatic hydroxyl groups is 7. The normalized spacial score (nSPS) is 41.1. The molecule has 0 aromatic carbocycles. The molecule has 16 heteroatoms. The maximum atomic E-state index is 12.5. The van der Waals surface area contributed by atoms with Crippen LogP contribution in [0.15, 0.2) is 0 Å². The molecule has 0 bridgehead atoms. The van der Waals surface area contributed by atoms with Gasteiger partial charge in [0, 0.05) is 24.8 Å². The molecule has 189 valence electrons. The van der Waals surface area contributed by atoms with Crippen LogP contribution in [0.3, 0.4) is 0 Å². The molecular formula is C16H29Cl2NO12P. The standard InChI is InChI=1S/C16H29Cl2NO12P/c17-1-3-19(4-2-18)32(27)31-16-13(26)11(24)14(8(6-21)29-16)30-15-12(25)10(23)9(22)7(5-20)28-15/h7-16,20-26H,1-6H2/t7-,8-,9+,10+,11-,12-,13-,14-,15+,16+/m1/s1. The van der Waals surface area contributed by atoms with E-state index in [1.54, 1.807) is 0 Å². The van der Waals surface area contributed by atoms with Crippen LogP contribution in [0.2, 0.25) is 0 Å². The van der Waals surface area contributed by atoms with Crippen molar-refractivity contribution >= 4 is 31.4 Å². The van der Waals surface area contributed by atoms with Crippen molar-refractivity contribution in [3.63, 3.8) is 0 Å². The lowest BCUT2D eigenvalue weighted by Crippen LogP contribution is -2.64. The van der Waals surface area contributed by atoms with Crippen LogP contribution in [0.4, 0.5) is 0 Å². The maximum absolute atomic E-state index is 12.5. The van der Waals surface area contributed by atoms with Gasteiger partial charge in [-0.15, -0.1) is 23.2 Å². The second-order valence-corrected chi connectivity index (χ2v) is 9.19. The number of ether oxygens (including phenoxy) is 3. The van der Waals surface area contributed by atoms with Crippen molar-refractivity contribution in [3.05, 3.63) is 0 Å². The summed E-state index contributed by atoms with van der Waals surface area (Å²) >= 11 is 11.3. The quantitative estimate of drug-likeness (QED) is 0.106. The van der Waals surface area contributed by atoms with Gasteiger partial charge < -0.3 is 50.0 Å². The van der Waals surface area contributed by atoms with Gasteiger partial charge >= 0.3 is 0 Å². The molecule has 0 aromatic rings. The van der Waals surface area contributed by atoms with Gasteiger partial charge in [-0.1, -0.05) is 0 Å². The number of aliphatic hydroxyl groups excluding tert-OH is 7. The third-order valence-electron chi connectivity index (χ3n) is 5.07. The fourth-order valence-electron chi connectivity index (χ4n) is 3.27. The first-order valence-electron chi connectivity index (χ1n) is 9.79. The summed E-state index contributed by atoms with van der Waals surface area (Å²) in [7, 11) is -2.56. The minimum absolute atomic E-state index is 0.131. The minimum atomic E-state index is -2.56. The Morgan fingerprint density at radius 2 is 1.31 bits per heavy atom. The summed E-state index contributed by atoms with van der Waals surface area (Å²) in [5.74, 6) is 0.263. The van der Waals surface area contributed by atoms with Crippen LogP contribution >= 0.6 is 31.4 Å². The van der Waals surface area contributed by atoms with Crippen molar-refractivity contribution in [2.45, 2.75) is 61.4 Å². The summed E-state index contributed by atoms with van der Waals surface area (Å²) in [6, 6.07) is 0. The van der Waals surface area contributed by atoms with E-state index in [0.717, 1.165) is 0 Å². The lowest BCUT2D eigenvalue weighted by Gasteiger charge is -2.45. The molecule has 2 aliphatic heterocycles. The summed E-state index contributed by atoms with van der Waals surface area (Å²) in [5, 5.41) is 69.7. The number of alkyl halides is 2. The number of halogens is 2. The van der Waals surface area contributed by atoms with Crippen molar-refractivity contribution in [3.8, 4) is 0 Å². The van der Waals surface area contributed by atoms with Crippen LogP contribution in [0.5, 0.6) is 0 Å². The van der Waals surface area contributed by atoms with Gasteiger partial charge in [0.25, 0.3) is 8.18 Å². The van der Waals surface area contributed by atoms with E-state index >= 15 is 0 Å². The summed E-state index contributed by atoms with van der Waals surface area (Å²) < 4.78 is 35.0. The Bertz CT molecular complexity index is 587. The molecule has 2 fully saturated rings. The van der Waals surface area contributed by atoms with Crippen molar-refractivity contribution in [2.75, 3.05) is 38.1 Å². The second kappa shape index (κ2) is 13.3. The number of rotatable bonds is 11. The van der Waals surface area contributed by atoms with Crippen LogP contribution < -0.4 is 0 Å². The van der Waals surface area contributed by atoms with Crippen molar-refractivity contribution in [1.29, 1.82) is 0 Å². The molecule has 2 rings (SSSR count). The van der Waals surface area contributed by atoms with E-state index in [2.05, 4.69) is 0 Å². The smallest absolute Gasteiger partial charge is 0.300 e. The monoisotopic (exact) mass is 528 g/mol. The van der Waals surface area contributed by atoms with Crippen LogP contribution in [-0.4, -0.2) is 140 Å². The SMILES string of the molecule is O=[P](O[C@@H]1O[C@H](CO)[C@@H](O[C@@H]2O[C@H](CO)[C@H](O)[C@H](O)[C@H]2O)[C@H](O)[C@H]1O)N(CCCl)CCCl. The molecule has 0 amide bonds. The van der Waals surface area contributed by atoms with E-state index < -0.39 is 82.8 Å². The van der Waals surface area contributed by atoms with Gasteiger partial charge in [-0.05, 0) is 0 Å². The van der Waals surface area contributed by atoms with Crippen molar-refractivity contribution < 1.29 is 59.0 Å². The van der Waals surface area contributed by atoms with Crippen molar-refractivity contribution in [2.24, 2.45) is 0 Å².